The third kappa shape index (κ3) is 5.48. The lowest BCUT2D eigenvalue weighted by molar-refractivity contribution is -0.144. The zero-order valence-corrected chi connectivity index (χ0v) is 22.8. The highest BCUT2D eigenvalue weighted by atomic mass is 79.9. The number of fused-ring (bicyclic) bond motifs is 1. The summed E-state index contributed by atoms with van der Waals surface area (Å²) in [6, 6.07) is 21.8. The normalized spacial score (nSPS) is 11.9. The van der Waals surface area contributed by atoms with Gasteiger partial charge >= 0.3 is 5.97 Å². The Kier molecular flexibility index (Phi) is 8.29. The Bertz CT molecular complexity index is 1290. The minimum atomic E-state index is -0.494. The van der Waals surface area contributed by atoms with Crippen molar-refractivity contribution in [3.05, 3.63) is 91.7 Å². The summed E-state index contributed by atoms with van der Waals surface area (Å²) in [6.45, 7) is 2.64. The van der Waals surface area contributed by atoms with Crippen LogP contribution in [0.3, 0.4) is 0 Å². The zero-order valence-electron chi connectivity index (χ0n) is 18.8. The molecule has 0 aliphatic heterocycles. The van der Waals surface area contributed by atoms with Crippen LogP contribution in [-0.2, 0) is 22.6 Å². The van der Waals surface area contributed by atoms with Crippen LogP contribution in [-0.4, -0.2) is 19.7 Å². The zero-order chi connectivity index (χ0) is 24.1. The van der Waals surface area contributed by atoms with E-state index in [2.05, 4.69) is 31.9 Å². The SMILES string of the molecule is CCOC(=O)C(Cc1c(Br)cccc1OC)c1c(Br)sc2cc(OCc3ccccc3)ccc12. The highest BCUT2D eigenvalue weighted by Crippen LogP contribution is 2.44. The highest BCUT2D eigenvalue weighted by Gasteiger charge is 2.30. The molecule has 0 aliphatic rings. The van der Waals surface area contributed by atoms with E-state index in [0.29, 0.717) is 19.6 Å². The Morgan fingerprint density at radius 2 is 1.82 bits per heavy atom. The molecule has 0 radical (unpaired) electrons. The number of methoxy groups -OCH3 is 1. The van der Waals surface area contributed by atoms with E-state index >= 15 is 0 Å². The third-order valence-corrected chi connectivity index (χ3v) is 8.14. The lowest BCUT2D eigenvalue weighted by Crippen LogP contribution is -2.19. The second-order valence-corrected chi connectivity index (χ2v) is 10.9. The molecular formula is C27H24Br2O4S. The van der Waals surface area contributed by atoms with Gasteiger partial charge in [-0.3, -0.25) is 4.79 Å². The van der Waals surface area contributed by atoms with E-state index in [-0.39, 0.29) is 5.97 Å². The van der Waals surface area contributed by atoms with Crippen LogP contribution in [0.5, 0.6) is 11.5 Å². The van der Waals surface area contributed by atoms with E-state index in [1.165, 1.54) is 0 Å². The number of benzene rings is 3. The lowest BCUT2D eigenvalue weighted by atomic mass is 9.91. The van der Waals surface area contributed by atoms with Gasteiger partial charge in [0.1, 0.15) is 18.1 Å². The summed E-state index contributed by atoms with van der Waals surface area (Å²) in [6.07, 6.45) is 0.445. The van der Waals surface area contributed by atoms with Crippen LogP contribution in [0.4, 0.5) is 0 Å². The smallest absolute Gasteiger partial charge is 0.313 e. The monoisotopic (exact) mass is 602 g/mol. The van der Waals surface area contributed by atoms with Crippen LogP contribution in [0.2, 0.25) is 0 Å². The first kappa shape index (κ1) is 24.8. The average Bonchev–Trinajstić information content (AvgIpc) is 3.17. The van der Waals surface area contributed by atoms with Crippen molar-refractivity contribution < 1.29 is 19.0 Å². The maximum Gasteiger partial charge on any atom is 0.313 e. The molecule has 34 heavy (non-hydrogen) atoms. The summed E-state index contributed by atoms with van der Waals surface area (Å²) in [5, 5.41) is 1.01. The highest BCUT2D eigenvalue weighted by molar-refractivity contribution is 9.11. The Morgan fingerprint density at radius 3 is 2.56 bits per heavy atom. The van der Waals surface area contributed by atoms with Crippen molar-refractivity contribution in [2.45, 2.75) is 25.9 Å². The predicted octanol–water partition coefficient (Wildman–Crippen LogP) is 7.90. The summed E-state index contributed by atoms with van der Waals surface area (Å²) in [5.74, 6) is 0.768. The first-order valence-corrected chi connectivity index (χ1v) is 13.3. The number of thiophene rings is 1. The molecule has 4 rings (SSSR count). The fourth-order valence-corrected chi connectivity index (χ4v) is 6.44. The maximum absolute atomic E-state index is 13.2. The number of esters is 1. The van der Waals surface area contributed by atoms with Gasteiger partial charge in [-0.2, -0.15) is 0 Å². The molecular weight excluding hydrogens is 580 g/mol. The van der Waals surface area contributed by atoms with E-state index in [0.717, 1.165) is 46.5 Å². The molecule has 4 nitrogen and oxygen atoms in total. The van der Waals surface area contributed by atoms with Gasteiger partial charge in [0.05, 0.1) is 23.4 Å². The third-order valence-electron chi connectivity index (χ3n) is 5.53. The number of halogens is 2. The van der Waals surface area contributed by atoms with Crippen molar-refractivity contribution in [3.8, 4) is 11.5 Å². The minimum absolute atomic E-state index is 0.259. The van der Waals surface area contributed by atoms with Crippen LogP contribution in [0.15, 0.2) is 75.0 Å². The summed E-state index contributed by atoms with van der Waals surface area (Å²) in [4.78, 5) is 13.2. The van der Waals surface area contributed by atoms with Crippen LogP contribution < -0.4 is 9.47 Å². The standard InChI is InChI=1S/C27H24Br2O4S/c1-3-32-27(30)21(15-20-22(28)10-7-11-23(20)31-2)25-19-13-12-18(14-24(19)34-26(25)29)33-16-17-8-5-4-6-9-17/h4-14,21H,3,15-16H2,1-2H3. The van der Waals surface area contributed by atoms with Gasteiger partial charge in [0, 0.05) is 14.7 Å². The molecule has 0 aliphatic carbocycles. The van der Waals surface area contributed by atoms with Gasteiger partial charge in [-0.1, -0.05) is 52.3 Å². The molecule has 0 fully saturated rings. The molecule has 1 aromatic heterocycles. The van der Waals surface area contributed by atoms with Gasteiger partial charge < -0.3 is 14.2 Å². The summed E-state index contributed by atoms with van der Waals surface area (Å²) < 4.78 is 19.9. The number of hydrogen-bond donors (Lipinski definition) is 0. The van der Waals surface area contributed by atoms with Gasteiger partial charge in [-0.25, -0.2) is 0 Å². The summed E-state index contributed by atoms with van der Waals surface area (Å²) in [5.41, 5.74) is 2.96. The number of hydrogen-bond acceptors (Lipinski definition) is 5. The summed E-state index contributed by atoms with van der Waals surface area (Å²) >= 11 is 8.94. The Balaban J connectivity index is 1.69. The van der Waals surface area contributed by atoms with E-state index in [9.17, 15) is 4.79 Å². The fourth-order valence-electron chi connectivity index (χ4n) is 3.90. The quantitative estimate of drug-likeness (QED) is 0.182. The number of rotatable bonds is 9. The molecule has 0 N–H and O–H groups in total. The molecule has 0 saturated carbocycles. The molecule has 1 unspecified atom stereocenters. The molecule has 0 spiro atoms. The second kappa shape index (κ2) is 11.4. The Hall–Kier alpha value is -2.35. The van der Waals surface area contributed by atoms with Gasteiger partial charge in [-0.05, 0) is 76.1 Å². The van der Waals surface area contributed by atoms with Crippen molar-refractivity contribution in [1.29, 1.82) is 0 Å². The van der Waals surface area contributed by atoms with Crippen molar-refractivity contribution in [1.82, 2.24) is 0 Å². The first-order valence-electron chi connectivity index (χ1n) is 10.9. The molecule has 0 amide bonds. The molecule has 1 atom stereocenters. The van der Waals surface area contributed by atoms with Crippen molar-refractivity contribution in [3.63, 3.8) is 0 Å². The van der Waals surface area contributed by atoms with E-state index in [4.69, 9.17) is 14.2 Å². The van der Waals surface area contributed by atoms with Gasteiger partial charge in [0.2, 0.25) is 0 Å². The van der Waals surface area contributed by atoms with Gasteiger partial charge in [0.15, 0.2) is 0 Å². The number of ether oxygens (including phenoxy) is 3. The van der Waals surface area contributed by atoms with Crippen molar-refractivity contribution in [2.24, 2.45) is 0 Å². The van der Waals surface area contributed by atoms with Crippen LogP contribution in [0.25, 0.3) is 10.1 Å². The van der Waals surface area contributed by atoms with Crippen LogP contribution in [0, 0.1) is 0 Å². The molecule has 1 heterocycles. The minimum Gasteiger partial charge on any atom is -0.496 e. The molecule has 0 bridgehead atoms. The van der Waals surface area contributed by atoms with Gasteiger partial charge in [-0.15, -0.1) is 11.3 Å². The maximum atomic E-state index is 13.2. The molecule has 0 saturated heterocycles. The summed E-state index contributed by atoms with van der Waals surface area (Å²) in [7, 11) is 1.64. The lowest BCUT2D eigenvalue weighted by Gasteiger charge is -2.19. The largest absolute Gasteiger partial charge is 0.496 e. The average molecular weight is 604 g/mol. The van der Waals surface area contributed by atoms with E-state index < -0.39 is 5.92 Å². The Morgan fingerprint density at radius 1 is 1.03 bits per heavy atom. The van der Waals surface area contributed by atoms with E-state index in [1.807, 2.05) is 73.7 Å². The van der Waals surface area contributed by atoms with Gasteiger partial charge in [0.25, 0.3) is 0 Å². The predicted molar refractivity (Wildman–Crippen MR) is 144 cm³/mol. The fraction of sp³-hybridized carbons (Fsp3) is 0.222. The van der Waals surface area contributed by atoms with Crippen molar-refractivity contribution in [2.75, 3.05) is 13.7 Å². The van der Waals surface area contributed by atoms with Crippen LogP contribution in [0.1, 0.15) is 29.5 Å². The molecule has 3 aromatic carbocycles. The first-order chi connectivity index (χ1) is 16.5. The van der Waals surface area contributed by atoms with Crippen molar-refractivity contribution >= 4 is 59.3 Å². The number of carbonyl (C=O) groups excluding carboxylic acids is 1. The van der Waals surface area contributed by atoms with E-state index in [1.54, 1.807) is 18.4 Å². The molecule has 4 aromatic rings. The Labute approximate surface area is 220 Å². The van der Waals surface area contributed by atoms with Crippen LogP contribution >= 0.6 is 43.2 Å². The molecule has 176 valence electrons. The second-order valence-electron chi connectivity index (χ2n) is 7.65. The number of carbonyl (C=O) groups is 1. The topological polar surface area (TPSA) is 44.8 Å². The molecule has 7 heteroatoms.